The van der Waals surface area contributed by atoms with Crippen LogP contribution in [-0.2, 0) is 9.53 Å². The van der Waals surface area contributed by atoms with Crippen molar-refractivity contribution in [3.8, 4) is 22.8 Å². The molecule has 1 aromatic heterocycles. The first-order valence-electron chi connectivity index (χ1n) is 12.1. The fourth-order valence-corrected chi connectivity index (χ4v) is 5.89. The summed E-state index contributed by atoms with van der Waals surface area (Å²) in [5.41, 5.74) is 1.45. The quantitative estimate of drug-likeness (QED) is 0.217. The predicted molar refractivity (Wildman–Crippen MR) is 145 cm³/mol. The van der Waals surface area contributed by atoms with Crippen LogP contribution in [0, 0.1) is 17.8 Å². The van der Waals surface area contributed by atoms with Crippen LogP contribution in [0.1, 0.15) is 40.0 Å². The summed E-state index contributed by atoms with van der Waals surface area (Å²) < 4.78 is 13.4. The maximum Gasteiger partial charge on any atom is 0.316 e. The van der Waals surface area contributed by atoms with E-state index in [2.05, 4.69) is 31.0 Å². The lowest BCUT2D eigenvalue weighted by Crippen LogP contribution is -2.36. The number of thioether (sulfide) groups is 1. The zero-order valence-electron chi connectivity index (χ0n) is 20.9. The predicted octanol–water partition coefficient (Wildman–Crippen LogP) is 7.35. The highest BCUT2D eigenvalue weighted by Gasteiger charge is 2.33. The van der Waals surface area contributed by atoms with Crippen molar-refractivity contribution in [2.75, 3.05) is 12.9 Å². The molecule has 2 aromatic carbocycles. The van der Waals surface area contributed by atoms with Gasteiger partial charge in [0.2, 0.25) is 0 Å². The molecule has 1 saturated carbocycles. The van der Waals surface area contributed by atoms with Crippen molar-refractivity contribution in [1.29, 1.82) is 0 Å². The van der Waals surface area contributed by atoms with E-state index < -0.39 is 0 Å². The Morgan fingerprint density at radius 3 is 2.64 bits per heavy atom. The van der Waals surface area contributed by atoms with Gasteiger partial charge in [0.15, 0.2) is 11.0 Å². The van der Waals surface area contributed by atoms with Crippen LogP contribution >= 0.6 is 35.0 Å². The third kappa shape index (κ3) is 6.18. The number of nitrogens with zero attached hydrogens (tertiary/aromatic N) is 3. The largest absolute Gasteiger partial charge is 0.495 e. The summed E-state index contributed by atoms with van der Waals surface area (Å²) in [7, 11) is 1.59. The third-order valence-corrected chi connectivity index (χ3v) is 8.03. The van der Waals surface area contributed by atoms with Crippen LogP contribution in [0.3, 0.4) is 0 Å². The number of methoxy groups -OCH3 is 1. The van der Waals surface area contributed by atoms with Crippen LogP contribution in [0.15, 0.2) is 47.6 Å². The Kier molecular flexibility index (Phi) is 8.86. The number of benzene rings is 2. The summed E-state index contributed by atoms with van der Waals surface area (Å²) in [6.45, 7) is 6.63. The molecule has 0 bridgehead atoms. The van der Waals surface area contributed by atoms with Crippen LogP contribution in [0.2, 0.25) is 10.0 Å². The summed E-state index contributed by atoms with van der Waals surface area (Å²) in [4.78, 5) is 12.9. The molecular formula is C27H31Cl2N3O3S. The second kappa shape index (κ2) is 11.9. The smallest absolute Gasteiger partial charge is 0.316 e. The molecule has 36 heavy (non-hydrogen) atoms. The van der Waals surface area contributed by atoms with E-state index in [1.165, 1.54) is 18.2 Å². The lowest BCUT2D eigenvalue weighted by Gasteiger charge is -2.36. The minimum Gasteiger partial charge on any atom is -0.495 e. The summed E-state index contributed by atoms with van der Waals surface area (Å²) in [6.07, 6.45) is 3.14. The molecule has 0 N–H and O–H groups in total. The van der Waals surface area contributed by atoms with Crippen molar-refractivity contribution in [3.05, 3.63) is 52.5 Å². The molecule has 1 aliphatic rings. The molecule has 9 heteroatoms. The number of hydrogen-bond donors (Lipinski definition) is 0. The zero-order chi connectivity index (χ0) is 25.8. The van der Waals surface area contributed by atoms with Gasteiger partial charge in [-0.05, 0) is 60.9 Å². The van der Waals surface area contributed by atoms with E-state index in [1.54, 1.807) is 31.4 Å². The number of esters is 1. The Morgan fingerprint density at radius 1 is 1.14 bits per heavy atom. The minimum atomic E-state index is -0.248. The summed E-state index contributed by atoms with van der Waals surface area (Å²) in [6, 6.07) is 12.7. The minimum absolute atomic E-state index is 0.0465. The Morgan fingerprint density at radius 2 is 1.92 bits per heavy atom. The highest BCUT2D eigenvalue weighted by atomic mass is 35.5. The monoisotopic (exact) mass is 547 g/mol. The molecule has 192 valence electrons. The average molecular weight is 549 g/mol. The van der Waals surface area contributed by atoms with E-state index >= 15 is 0 Å². The van der Waals surface area contributed by atoms with Crippen molar-refractivity contribution in [2.24, 2.45) is 17.8 Å². The fourth-order valence-electron chi connectivity index (χ4n) is 4.81. The maximum absolute atomic E-state index is 12.9. The summed E-state index contributed by atoms with van der Waals surface area (Å²) >= 11 is 13.9. The molecular weight excluding hydrogens is 517 g/mol. The van der Waals surface area contributed by atoms with Gasteiger partial charge >= 0.3 is 5.97 Å². The second-order valence-corrected chi connectivity index (χ2v) is 11.4. The van der Waals surface area contributed by atoms with Crippen molar-refractivity contribution in [1.82, 2.24) is 14.8 Å². The molecule has 3 atom stereocenters. The van der Waals surface area contributed by atoms with Gasteiger partial charge in [0.05, 0.1) is 18.6 Å². The first-order chi connectivity index (χ1) is 17.3. The zero-order valence-corrected chi connectivity index (χ0v) is 23.2. The Labute approximate surface area is 226 Å². The average Bonchev–Trinajstić information content (AvgIpc) is 3.26. The highest BCUT2D eigenvalue weighted by Crippen LogP contribution is 2.37. The van der Waals surface area contributed by atoms with Gasteiger partial charge in [-0.1, -0.05) is 74.3 Å². The number of carbonyl (C=O) groups excluding carboxylic acids is 1. The van der Waals surface area contributed by atoms with Crippen LogP contribution in [-0.4, -0.2) is 39.7 Å². The summed E-state index contributed by atoms with van der Waals surface area (Å²) in [5.74, 6) is 2.46. The first kappa shape index (κ1) is 26.8. The SMILES string of the molecule is COc1ccc(Cl)cc1-n1c(SCC(=O)OC2CC(C)CCC2C(C)C)nnc1-c1cccc(Cl)c1. The van der Waals surface area contributed by atoms with E-state index in [0.717, 1.165) is 18.4 Å². The number of halogens is 2. The van der Waals surface area contributed by atoms with Gasteiger partial charge in [-0.25, -0.2) is 0 Å². The van der Waals surface area contributed by atoms with Gasteiger partial charge in [-0.15, -0.1) is 10.2 Å². The molecule has 6 nitrogen and oxygen atoms in total. The summed E-state index contributed by atoms with van der Waals surface area (Å²) in [5, 5.41) is 10.5. The van der Waals surface area contributed by atoms with E-state index in [0.29, 0.717) is 50.2 Å². The second-order valence-electron chi connectivity index (χ2n) is 9.61. The maximum atomic E-state index is 12.9. The van der Waals surface area contributed by atoms with E-state index in [-0.39, 0.29) is 17.8 Å². The number of hydrogen-bond acceptors (Lipinski definition) is 6. The number of aromatic nitrogens is 3. The molecule has 1 aliphatic carbocycles. The fraction of sp³-hybridized carbons (Fsp3) is 0.444. The molecule has 0 radical (unpaired) electrons. The van der Waals surface area contributed by atoms with Gasteiger partial charge < -0.3 is 9.47 Å². The van der Waals surface area contributed by atoms with Crippen molar-refractivity contribution >= 4 is 40.9 Å². The number of carbonyl (C=O) groups is 1. The van der Waals surface area contributed by atoms with Crippen LogP contribution < -0.4 is 4.74 Å². The van der Waals surface area contributed by atoms with E-state index in [4.69, 9.17) is 32.7 Å². The standard InChI is InChI=1S/C27H31Cl2N3O3S/c1-16(2)21-10-8-17(3)12-24(21)35-25(33)15-36-27-31-30-26(18-6-5-7-19(28)13-18)32(27)22-14-20(29)9-11-23(22)34-4/h5-7,9,11,13-14,16-17,21,24H,8,10,12,15H2,1-4H3. The molecule has 4 rings (SSSR count). The number of rotatable bonds is 8. The Bertz CT molecular complexity index is 1220. The van der Waals surface area contributed by atoms with Crippen molar-refractivity contribution < 1.29 is 14.3 Å². The van der Waals surface area contributed by atoms with Crippen LogP contribution in [0.25, 0.3) is 17.1 Å². The van der Waals surface area contributed by atoms with Crippen molar-refractivity contribution in [3.63, 3.8) is 0 Å². The highest BCUT2D eigenvalue weighted by molar-refractivity contribution is 7.99. The van der Waals surface area contributed by atoms with Gasteiger partial charge in [0, 0.05) is 15.6 Å². The van der Waals surface area contributed by atoms with Gasteiger partial charge in [-0.3, -0.25) is 9.36 Å². The molecule has 1 heterocycles. The van der Waals surface area contributed by atoms with E-state index in [1.807, 2.05) is 22.8 Å². The molecule has 3 aromatic rings. The molecule has 3 unspecified atom stereocenters. The Balaban J connectivity index is 1.61. The molecule has 0 aliphatic heterocycles. The van der Waals surface area contributed by atoms with Gasteiger partial charge in [-0.2, -0.15) is 0 Å². The topological polar surface area (TPSA) is 66.2 Å². The lowest BCUT2D eigenvalue weighted by molar-refractivity contribution is -0.152. The van der Waals surface area contributed by atoms with Crippen LogP contribution in [0.4, 0.5) is 0 Å². The van der Waals surface area contributed by atoms with Crippen molar-refractivity contribution in [2.45, 2.75) is 51.3 Å². The lowest BCUT2D eigenvalue weighted by atomic mass is 9.75. The van der Waals surface area contributed by atoms with E-state index in [9.17, 15) is 4.79 Å². The molecule has 0 amide bonds. The first-order valence-corrected chi connectivity index (χ1v) is 13.9. The van der Waals surface area contributed by atoms with Crippen LogP contribution in [0.5, 0.6) is 5.75 Å². The number of ether oxygens (including phenoxy) is 2. The normalized spacial score (nSPS) is 19.9. The molecule has 0 spiro atoms. The van der Waals surface area contributed by atoms with Gasteiger partial charge in [0.25, 0.3) is 0 Å². The Hall–Kier alpha value is -2.22. The molecule has 1 fully saturated rings. The van der Waals surface area contributed by atoms with Gasteiger partial charge in [0.1, 0.15) is 11.9 Å². The third-order valence-electron chi connectivity index (χ3n) is 6.66. The molecule has 0 saturated heterocycles.